The number of hydrogen-bond donors (Lipinski definition) is 2. The van der Waals surface area contributed by atoms with Crippen molar-refractivity contribution in [3.8, 4) is 6.07 Å². The molecular formula is C30H24N4O4S2. The van der Waals surface area contributed by atoms with E-state index in [0.717, 1.165) is 41.7 Å². The van der Waals surface area contributed by atoms with Gasteiger partial charge in [0.1, 0.15) is 16.3 Å². The van der Waals surface area contributed by atoms with E-state index in [1.54, 1.807) is 18.2 Å². The number of amides is 2. The third kappa shape index (κ3) is 6.06. The lowest BCUT2D eigenvalue weighted by Crippen LogP contribution is -2.19. The van der Waals surface area contributed by atoms with Crippen molar-refractivity contribution in [2.24, 2.45) is 0 Å². The number of benzene rings is 3. The number of thioether (sulfide) groups is 1. The maximum absolute atomic E-state index is 13.7. The molecule has 0 spiro atoms. The van der Waals surface area contributed by atoms with E-state index >= 15 is 0 Å². The third-order valence-electron chi connectivity index (χ3n) is 6.53. The van der Waals surface area contributed by atoms with Crippen molar-refractivity contribution in [3.05, 3.63) is 116 Å². The molecule has 0 saturated carbocycles. The van der Waals surface area contributed by atoms with Crippen molar-refractivity contribution < 1.29 is 14.5 Å². The molecule has 1 unspecified atom stereocenters. The first-order valence-electron chi connectivity index (χ1n) is 12.7. The van der Waals surface area contributed by atoms with Gasteiger partial charge in [0.05, 0.1) is 10.5 Å². The monoisotopic (exact) mass is 568 g/mol. The first-order valence-corrected chi connectivity index (χ1v) is 14.4. The number of thiophene rings is 1. The number of nitrogens with zero attached hydrogens (tertiary/aromatic N) is 2. The highest BCUT2D eigenvalue weighted by atomic mass is 32.2. The van der Waals surface area contributed by atoms with Crippen LogP contribution >= 0.6 is 23.1 Å². The summed E-state index contributed by atoms with van der Waals surface area (Å²) in [4.78, 5) is 38.9. The largest absolute Gasteiger partial charge is 0.322 e. The van der Waals surface area contributed by atoms with E-state index in [9.17, 15) is 25.0 Å². The molecular weight excluding hydrogens is 544 g/mol. The maximum atomic E-state index is 13.7. The molecule has 4 aromatic rings. The average Bonchev–Trinajstić information content (AvgIpc) is 3.33. The topological polar surface area (TPSA) is 125 Å². The van der Waals surface area contributed by atoms with E-state index in [2.05, 4.69) is 16.7 Å². The zero-order chi connectivity index (χ0) is 28.1. The number of rotatable bonds is 8. The molecule has 0 aliphatic heterocycles. The maximum Gasteiger partial charge on any atom is 0.270 e. The fourth-order valence-corrected chi connectivity index (χ4v) is 6.92. The lowest BCUT2D eigenvalue weighted by Gasteiger charge is -2.17. The van der Waals surface area contributed by atoms with Gasteiger partial charge in [-0.1, -0.05) is 42.5 Å². The van der Waals surface area contributed by atoms with E-state index in [4.69, 9.17) is 0 Å². The second kappa shape index (κ2) is 12.2. The van der Waals surface area contributed by atoms with Gasteiger partial charge in [0.2, 0.25) is 5.91 Å². The van der Waals surface area contributed by atoms with Crippen molar-refractivity contribution in [2.45, 2.75) is 35.8 Å². The van der Waals surface area contributed by atoms with Gasteiger partial charge in [-0.25, -0.2) is 0 Å². The van der Waals surface area contributed by atoms with E-state index < -0.39 is 16.1 Å². The summed E-state index contributed by atoms with van der Waals surface area (Å²) >= 11 is 2.82. The molecule has 1 atom stereocenters. The molecule has 0 bridgehead atoms. The summed E-state index contributed by atoms with van der Waals surface area (Å²) in [7, 11) is 0. The molecule has 1 aromatic heterocycles. The number of non-ortho nitro benzene ring substituents is 1. The lowest BCUT2D eigenvalue weighted by atomic mass is 9.96. The predicted octanol–water partition coefficient (Wildman–Crippen LogP) is 7.13. The van der Waals surface area contributed by atoms with Crippen LogP contribution in [0.5, 0.6) is 0 Å². The number of carbonyl (C=O) groups excluding carboxylic acids is 2. The smallest absolute Gasteiger partial charge is 0.270 e. The van der Waals surface area contributed by atoms with Gasteiger partial charge in [-0.05, 0) is 61.1 Å². The van der Waals surface area contributed by atoms with Gasteiger partial charge < -0.3 is 10.6 Å². The van der Waals surface area contributed by atoms with Crippen LogP contribution in [0.3, 0.4) is 0 Å². The Morgan fingerprint density at radius 3 is 2.52 bits per heavy atom. The molecule has 5 rings (SSSR count). The van der Waals surface area contributed by atoms with Crippen LogP contribution in [0.25, 0.3) is 0 Å². The van der Waals surface area contributed by atoms with Crippen molar-refractivity contribution in [3.63, 3.8) is 0 Å². The van der Waals surface area contributed by atoms with Crippen LogP contribution in [0.1, 0.15) is 50.0 Å². The molecule has 2 N–H and O–H groups in total. The molecule has 1 aliphatic carbocycles. The highest BCUT2D eigenvalue weighted by Gasteiger charge is 2.27. The molecule has 8 nitrogen and oxygen atoms in total. The molecule has 0 fully saturated rings. The Morgan fingerprint density at radius 1 is 0.975 bits per heavy atom. The van der Waals surface area contributed by atoms with Crippen LogP contribution in [-0.4, -0.2) is 16.7 Å². The minimum absolute atomic E-state index is 0.167. The second-order valence-electron chi connectivity index (χ2n) is 9.21. The SMILES string of the molecule is N#Cc1c(NC(=O)C(Sc2cccc(NC(=O)c3cccc([N+](=O)[O-])c3)c2)c2ccccc2)sc2c1CCCC2. The summed E-state index contributed by atoms with van der Waals surface area (Å²) in [5.74, 6) is -0.716. The molecule has 0 saturated heterocycles. The first-order chi connectivity index (χ1) is 19.4. The van der Waals surface area contributed by atoms with E-state index in [1.807, 2.05) is 36.4 Å². The summed E-state index contributed by atoms with van der Waals surface area (Å²) in [6.07, 6.45) is 3.91. The number of carbonyl (C=O) groups is 2. The second-order valence-corrected chi connectivity index (χ2v) is 11.5. The van der Waals surface area contributed by atoms with Crippen molar-refractivity contribution in [1.82, 2.24) is 0 Å². The number of hydrogen-bond acceptors (Lipinski definition) is 7. The van der Waals surface area contributed by atoms with Gasteiger partial charge in [0.15, 0.2) is 0 Å². The van der Waals surface area contributed by atoms with Gasteiger partial charge in [0, 0.05) is 33.2 Å². The summed E-state index contributed by atoms with van der Waals surface area (Å²) in [6.45, 7) is 0. The standard InChI is InChI=1S/C30H24N4O4S2/c31-18-25-24-14-4-5-15-26(24)40-30(25)33-29(36)27(19-8-2-1-3-9-19)39-23-13-7-11-21(17-23)32-28(35)20-10-6-12-22(16-20)34(37)38/h1-3,6-13,16-17,27H,4-5,14-15H2,(H,32,35)(H,33,36). The van der Waals surface area contributed by atoms with Gasteiger partial charge in [-0.3, -0.25) is 19.7 Å². The van der Waals surface area contributed by atoms with Crippen LogP contribution in [0, 0.1) is 21.4 Å². The number of fused-ring (bicyclic) bond motifs is 1. The van der Waals surface area contributed by atoms with E-state index in [1.165, 1.54) is 52.2 Å². The Hall–Kier alpha value is -4.46. The van der Waals surface area contributed by atoms with Crippen LogP contribution < -0.4 is 10.6 Å². The quantitative estimate of drug-likeness (QED) is 0.132. The Morgan fingerprint density at radius 2 is 1.75 bits per heavy atom. The van der Waals surface area contributed by atoms with Gasteiger partial charge in [-0.2, -0.15) is 5.26 Å². The van der Waals surface area contributed by atoms with Crippen LogP contribution in [0.2, 0.25) is 0 Å². The van der Waals surface area contributed by atoms with Crippen LogP contribution in [-0.2, 0) is 17.6 Å². The molecule has 3 aromatic carbocycles. The Balaban J connectivity index is 1.37. The third-order valence-corrected chi connectivity index (χ3v) is 8.98. The number of nitrogens with one attached hydrogen (secondary N) is 2. The van der Waals surface area contributed by atoms with Crippen molar-refractivity contribution >= 4 is 51.3 Å². The molecule has 40 heavy (non-hydrogen) atoms. The average molecular weight is 569 g/mol. The minimum Gasteiger partial charge on any atom is -0.322 e. The predicted molar refractivity (Wildman–Crippen MR) is 157 cm³/mol. The first kappa shape index (κ1) is 27.1. The lowest BCUT2D eigenvalue weighted by molar-refractivity contribution is -0.384. The summed E-state index contributed by atoms with van der Waals surface area (Å²) in [5.41, 5.74) is 2.92. The van der Waals surface area contributed by atoms with Crippen molar-refractivity contribution in [1.29, 1.82) is 5.26 Å². The Bertz CT molecular complexity index is 1630. The van der Waals surface area contributed by atoms with Gasteiger partial charge in [0.25, 0.3) is 11.6 Å². The summed E-state index contributed by atoms with van der Waals surface area (Å²) < 4.78 is 0. The highest BCUT2D eigenvalue weighted by molar-refractivity contribution is 8.00. The number of anilines is 2. The highest BCUT2D eigenvalue weighted by Crippen LogP contribution is 2.41. The number of aryl methyl sites for hydroxylation is 1. The molecule has 200 valence electrons. The van der Waals surface area contributed by atoms with Crippen molar-refractivity contribution in [2.75, 3.05) is 10.6 Å². The number of nitro groups is 1. The fourth-order valence-electron chi connectivity index (χ4n) is 4.60. The minimum atomic E-state index is -0.616. The normalized spacial score (nSPS) is 13.0. The zero-order valence-corrected chi connectivity index (χ0v) is 22.9. The summed E-state index contributed by atoms with van der Waals surface area (Å²) in [5, 5.41) is 26.7. The van der Waals surface area contributed by atoms with Gasteiger partial charge >= 0.3 is 0 Å². The molecule has 2 amide bonds. The van der Waals surface area contributed by atoms with Crippen LogP contribution in [0.15, 0.2) is 83.8 Å². The van der Waals surface area contributed by atoms with E-state index in [0.29, 0.717) is 16.3 Å². The summed E-state index contributed by atoms with van der Waals surface area (Å²) in [6, 6.07) is 24.3. The molecule has 10 heteroatoms. The van der Waals surface area contributed by atoms with E-state index in [-0.39, 0.29) is 17.2 Å². The Labute approximate surface area is 239 Å². The fraction of sp³-hybridized carbons (Fsp3) is 0.167. The molecule has 1 aliphatic rings. The molecule has 0 radical (unpaired) electrons. The van der Waals surface area contributed by atoms with Gasteiger partial charge in [-0.15, -0.1) is 23.1 Å². The number of nitriles is 1. The zero-order valence-electron chi connectivity index (χ0n) is 21.3. The molecule has 1 heterocycles. The Kier molecular flexibility index (Phi) is 8.24. The number of nitro benzene ring substituents is 1. The van der Waals surface area contributed by atoms with Crippen LogP contribution in [0.4, 0.5) is 16.4 Å².